The van der Waals surface area contributed by atoms with Gasteiger partial charge in [0.1, 0.15) is 0 Å². The van der Waals surface area contributed by atoms with Gasteiger partial charge < -0.3 is 10.6 Å². The molecule has 9 nitrogen and oxygen atoms in total. The Balaban J connectivity index is 1.78. The molecule has 0 fully saturated rings. The number of aryl methyl sites for hydroxylation is 1. The van der Waals surface area contributed by atoms with Crippen molar-refractivity contribution in [1.29, 1.82) is 0 Å². The van der Waals surface area contributed by atoms with E-state index in [9.17, 15) is 13.2 Å². The highest BCUT2D eigenvalue weighted by Gasteiger charge is 2.33. The summed E-state index contributed by atoms with van der Waals surface area (Å²) < 4.78 is 25.6. The first-order valence-electron chi connectivity index (χ1n) is 10.9. The number of H-pyrrole nitrogens is 1. The lowest BCUT2D eigenvalue weighted by molar-refractivity contribution is 0.262. The molecule has 35 heavy (non-hydrogen) atoms. The van der Waals surface area contributed by atoms with Gasteiger partial charge in [0.2, 0.25) is 5.82 Å². The molecule has 1 aromatic heterocycles. The van der Waals surface area contributed by atoms with Crippen molar-refractivity contribution in [1.82, 2.24) is 20.6 Å². The number of urea groups is 1. The maximum Gasteiger partial charge on any atom is 0.323 e. The van der Waals surface area contributed by atoms with E-state index in [1.807, 2.05) is 43.3 Å². The van der Waals surface area contributed by atoms with Crippen LogP contribution >= 0.6 is 0 Å². The Morgan fingerprint density at radius 2 is 1.60 bits per heavy atom. The third-order valence-electron chi connectivity index (χ3n) is 5.46. The molecule has 4 rings (SSSR count). The number of amides is 2. The minimum absolute atomic E-state index is 0.0323. The highest BCUT2D eigenvalue weighted by atomic mass is 32.2. The Labute approximate surface area is 203 Å². The number of anilines is 2. The van der Waals surface area contributed by atoms with Gasteiger partial charge >= 0.3 is 6.03 Å². The van der Waals surface area contributed by atoms with Crippen LogP contribution in [-0.4, -0.2) is 39.8 Å². The topological polar surface area (TPSA) is 130 Å². The lowest BCUT2D eigenvalue weighted by atomic mass is 9.99. The number of rotatable bonds is 5. The second kappa shape index (κ2) is 9.30. The number of aromatic nitrogens is 4. The van der Waals surface area contributed by atoms with Gasteiger partial charge in [-0.25, -0.2) is 13.2 Å². The normalized spacial score (nSPS) is 11.8. The number of carbonyl (C=O) groups is 1. The van der Waals surface area contributed by atoms with Crippen LogP contribution in [0.15, 0.2) is 71.6 Å². The number of hydrogen-bond donors (Lipinski definition) is 3. The van der Waals surface area contributed by atoms with E-state index in [1.54, 1.807) is 45.0 Å². The summed E-state index contributed by atoms with van der Waals surface area (Å²) in [5, 5.41) is 19.7. The van der Waals surface area contributed by atoms with E-state index in [2.05, 4.69) is 31.3 Å². The molecule has 0 atom stereocenters. The van der Waals surface area contributed by atoms with E-state index in [4.69, 9.17) is 0 Å². The van der Waals surface area contributed by atoms with Crippen LogP contribution in [0.2, 0.25) is 0 Å². The van der Waals surface area contributed by atoms with Crippen LogP contribution in [-0.2, 0) is 9.84 Å². The van der Waals surface area contributed by atoms with Crippen LogP contribution in [0.1, 0.15) is 26.3 Å². The van der Waals surface area contributed by atoms with Crippen molar-refractivity contribution in [3.63, 3.8) is 0 Å². The van der Waals surface area contributed by atoms with Crippen LogP contribution < -0.4 is 10.6 Å². The molecule has 3 N–H and O–H groups in total. The predicted molar refractivity (Wildman–Crippen MR) is 136 cm³/mol. The maximum atomic E-state index is 13.3. The molecular formula is C25H26N6O3S. The van der Waals surface area contributed by atoms with Crippen molar-refractivity contribution in [2.45, 2.75) is 37.3 Å². The molecule has 0 saturated heterocycles. The van der Waals surface area contributed by atoms with Crippen molar-refractivity contribution in [2.24, 2.45) is 0 Å². The minimum Gasteiger partial charge on any atom is -0.308 e. The van der Waals surface area contributed by atoms with Gasteiger partial charge in [-0.2, -0.15) is 5.21 Å². The van der Waals surface area contributed by atoms with E-state index >= 15 is 0 Å². The fraction of sp³-hybridized carbons (Fsp3) is 0.200. The summed E-state index contributed by atoms with van der Waals surface area (Å²) in [5.41, 5.74) is 3.97. The van der Waals surface area contributed by atoms with Crippen molar-refractivity contribution in [3.05, 3.63) is 72.3 Å². The van der Waals surface area contributed by atoms with Crippen molar-refractivity contribution in [2.75, 3.05) is 10.6 Å². The van der Waals surface area contributed by atoms with Gasteiger partial charge in [0, 0.05) is 11.3 Å². The van der Waals surface area contributed by atoms with Gasteiger partial charge in [0.05, 0.1) is 15.3 Å². The number of carbonyl (C=O) groups excluding carboxylic acids is 1. The van der Waals surface area contributed by atoms with Gasteiger partial charge in [-0.1, -0.05) is 48.0 Å². The number of sulfone groups is 1. The van der Waals surface area contributed by atoms with Gasteiger partial charge in [-0.3, -0.25) is 0 Å². The average Bonchev–Trinajstić information content (AvgIpc) is 3.34. The third kappa shape index (κ3) is 5.07. The molecule has 0 radical (unpaired) electrons. The molecule has 0 saturated carbocycles. The second-order valence-electron chi connectivity index (χ2n) is 9.05. The lowest BCUT2D eigenvalue weighted by Crippen LogP contribution is -2.29. The van der Waals surface area contributed by atoms with Gasteiger partial charge in [0.25, 0.3) is 0 Å². The van der Waals surface area contributed by atoms with Gasteiger partial charge in [-0.15, -0.1) is 10.2 Å². The maximum absolute atomic E-state index is 13.3. The van der Waals surface area contributed by atoms with E-state index in [0.29, 0.717) is 22.6 Å². The largest absolute Gasteiger partial charge is 0.323 e. The molecular weight excluding hydrogens is 464 g/mol. The van der Waals surface area contributed by atoms with Crippen LogP contribution in [0.25, 0.3) is 22.5 Å². The van der Waals surface area contributed by atoms with Crippen molar-refractivity contribution < 1.29 is 13.2 Å². The Kier molecular flexibility index (Phi) is 6.40. The SMILES string of the molecule is Cc1ccc(NC(=O)Nc2cc(-c3ccccc3-c3nn[nH]n3)ccc2S(=O)(=O)C(C)(C)C)cc1. The van der Waals surface area contributed by atoms with E-state index < -0.39 is 20.6 Å². The summed E-state index contributed by atoms with van der Waals surface area (Å²) in [4.78, 5) is 12.9. The molecule has 4 aromatic rings. The number of hydrogen-bond acceptors (Lipinski definition) is 6. The zero-order valence-corrected chi connectivity index (χ0v) is 20.6. The molecule has 1 heterocycles. The van der Waals surface area contributed by atoms with Crippen LogP contribution in [0.4, 0.5) is 16.2 Å². The number of aromatic amines is 1. The summed E-state index contributed by atoms with van der Waals surface area (Å²) in [7, 11) is -3.77. The molecule has 0 spiro atoms. The summed E-state index contributed by atoms with van der Waals surface area (Å²) in [6, 6.07) is 19.0. The molecule has 10 heteroatoms. The minimum atomic E-state index is -3.77. The first-order valence-corrected chi connectivity index (χ1v) is 12.4. The first kappa shape index (κ1) is 24.1. The summed E-state index contributed by atoms with van der Waals surface area (Å²) in [5.74, 6) is 0.401. The molecule has 2 amide bonds. The fourth-order valence-electron chi connectivity index (χ4n) is 3.49. The highest BCUT2D eigenvalue weighted by Crippen LogP contribution is 2.36. The number of nitrogens with zero attached hydrogens (tertiary/aromatic N) is 3. The van der Waals surface area contributed by atoms with Crippen LogP contribution in [0, 0.1) is 6.92 Å². The molecule has 0 aliphatic carbocycles. The lowest BCUT2D eigenvalue weighted by Gasteiger charge is -2.22. The molecule has 0 unspecified atom stereocenters. The molecule has 0 aliphatic heterocycles. The summed E-state index contributed by atoms with van der Waals surface area (Å²) in [6.45, 7) is 6.82. The van der Waals surface area contributed by atoms with Crippen molar-refractivity contribution in [3.8, 4) is 22.5 Å². The van der Waals surface area contributed by atoms with Crippen molar-refractivity contribution >= 4 is 27.2 Å². The molecule has 180 valence electrons. The monoisotopic (exact) mass is 490 g/mol. The van der Waals surface area contributed by atoms with E-state index in [-0.39, 0.29) is 10.6 Å². The highest BCUT2D eigenvalue weighted by molar-refractivity contribution is 7.93. The summed E-state index contributed by atoms with van der Waals surface area (Å²) in [6.07, 6.45) is 0. The molecule has 0 bridgehead atoms. The molecule has 3 aromatic carbocycles. The Hall–Kier alpha value is -4.05. The Morgan fingerprint density at radius 1 is 0.914 bits per heavy atom. The fourth-order valence-corrected chi connectivity index (χ4v) is 4.79. The zero-order valence-electron chi connectivity index (χ0n) is 19.8. The predicted octanol–water partition coefficient (Wildman–Crippen LogP) is 5.06. The average molecular weight is 491 g/mol. The molecule has 0 aliphatic rings. The van der Waals surface area contributed by atoms with E-state index in [0.717, 1.165) is 11.1 Å². The first-order chi connectivity index (χ1) is 16.6. The quantitative estimate of drug-likeness (QED) is 0.359. The van der Waals surface area contributed by atoms with Gasteiger partial charge in [0.15, 0.2) is 9.84 Å². The number of tetrazole rings is 1. The second-order valence-corrected chi connectivity index (χ2v) is 11.7. The Bertz CT molecular complexity index is 1460. The van der Waals surface area contributed by atoms with Crippen LogP contribution in [0.5, 0.6) is 0 Å². The number of benzene rings is 3. The summed E-state index contributed by atoms with van der Waals surface area (Å²) >= 11 is 0. The zero-order chi connectivity index (χ0) is 25.2. The Morgan fingerprint density at radius 3 is 2.23 bits per heavy atom. The van der Waals surface area contributed by atoms with Gasteiger partial charge in [-0.05, 0) is 68.3 Å². The third-order valence-corrected chi connectivity index (χ3v) is 8.00. The standard InChI is InChI=1S/C25H26N6O3S/c1-16-9-12-18(13-10-16)26-24(32)27-21-15-17(11-14-22(21)35(33,34)25(2,3)4)19-7-5-6-8-20(19)23-28-30-31-29-23/h5-15H,1-4H3,(H2,26,27,32)(H,28,29,30,31). The smallest absolute Gasteiger partial charge is 0.308 e. The van der Waals surface area contributed by atoms with Crippen LogP contribution in [0.3, 0.4) is 0 Å². The number of nitrogens with one attached hydrogen (secondary N) is 3. The van der Waals surface area contributed by atoms with E-state index in [1.165, 1.54) is 6.07 Å².